The van der Waals surface area contributed by atoms with Gasteiger partial charge in [0.2, 0.25) is 0 Å². The summed E-state index contributed by atoms with van der Waals surface area (Å²) in [5, 5.41) is 11.0. The average Bonchev–Trinajstić information content (AvgIpc) is 2.40. The Balaban J connectivity index is 2.61. The topological polar surface area (TPSA) is 100 Å². The number of pyridine rings is 1. The molecule has 2 aromatic heterocycles. The number of nitrogens with zero attached hydrogens (tertiary/aromatic N) is 4. The van der Waals surface area contributed by atoms with Crippen molar-refractivity contribution in [3.05, 3.63) is 65.2 Å². The fourth-order valence-electron chi connectivity index (χ4n) is 1.70. The quantitative estimate of drug-likeness (QED) is 0.478. The van der Waals surface area contributed by atoms with Gasteiger partial charge in [-0.15, -0.1) is 0 Å². The van der Waals surface area contributed by atoms with E-state index < -0.39 is 21.9 Å². The van der Waals surface area contributed by atoms with Crippen molar-refractivity contribution < 1.29 is 4.92 Å². The van der Waals surface area contributed by atoms with Crippen molar-refractivity contribution in [2.24, 2.45) is 7.05 Å². The molecule has 2 rings (SSSR count). The third-order valence-electron chi connectivity index (χ3n) is 2.73. The van der Waals surface area contributed by atoms with E-state index >= 15 is 0 Å². The molecule has 0 aliphatic heterocycles. The number of nitro groups is 1. The van der Waals surface area contributed by atoms with Crippen LogP contribution in [0.15, 0.2) is 27.9 Å². The summed E-state index contributed by atoms with van der Waals surface area (Å²) in [6.07, 6.45) is 0.878. The molecule has 110 valence electrons. The summed E-state index contributed by atoms with van der Waals surface area (Å²) < 4.78 is 1.67. The minimum Gasteiger partial charge on any atom is -0.297 e. The second-order valence-electron chi connectivity index (χ2n) is 4.14. The average molecular weight is 331 g/mol. The minimum atomic E-state index is -1.01. The van der Waals surface area contributed by atoms with E-state index in [0.29, 0.717) is 5.56 Å². The van der Waals surface area contributed by atoms with Gasteiger partial charge in [-0.25, -0.2) is 14.3 Å². The van der Waals surface area contributed by atoms with Crippen LogP contribution in [0.4, 0.5) is 5.69 Å². The van der Waals surface area contributed by atoms with Gasteiger partial charge in [0.05, 0.1) is 17.7 Å². The van der Waals surface area contributed by atoms with E-state index in [1.807, 2.05) is 0 Å². The molecule has 0 unspecified atom stereocenters. The third-order valence-corrected chi connectivity index (χ3v) is 3.27. The van der Waals surface area contributed by atoms with Gasteiger partial charge in [-0.3, -0.25) is 19.5 Å². The second-order valence-corrected chi connectivity index (χ2v) is 4.89. The molecule has 0 aliphatic rings. The summed E-state index contributed by atoms with van der Waals surface area (Å²) in [6, 6.07) is 2.93. The van der Waals surface area contributed by atoms with Crippen LogP contribution in [0.2, 0.25) is 10.3 Å². The molecular formula is C11H8Cl2N4O4. The fraction of sp³-hybridized carbons (Fsp3) is 0.182. The van der Waals surface area contributed by atoms with Gasteiger partial charge in [0.25, 0.3) is 0 Å². The Hall–Kier alpha value is -2.19. The highest BCUT2D eigenvalue weighted by atomic mass is 35.5. The zero-order valence-corrected chi connectivity index (χ0v) is 12.1. The number of hydrogen-bond donors (Lipinski definition) is 0. The Morgan fingerprint density at radius 1 is 1.33 bits per heavy atom. The Morgan fingerprint density at radius 3 is 2.57 bits per heavy atom. The van der Waals surface area contributed by atoms with E-state index in [1.54, 1.807) is 0 Å². The first-order chi connectivity index (χ1) is 9.81. The highest BCUT2D eigenvalue weighted by molar-refractivity contribution is 6.32. The molecule has 2 heterocycles. The van der Waals surface area contributed by atoms with E-state index in [0.717, 1.165) is 15.3 Å². The van der Waals surface area contributed by atoms with Gasteiger partial charge < -0.3 is 0 Å². The molecule has 0 aliphatic carbocycles. The summed E-state index contributed by atoms with van der Waals surface area (Å²) in [5.74, 6) is 0. The summed E-state index contributed by atoms with van der Waals surface area (Å²) in [5.41, 5.74) is -2.05. The van der Waals surface area contributed by atoms with Crippen LogP contribution >= 0.6 is 23.2 Å². The first-order valence-corrected chi connectivity index (χ1v) is 6.32. The van der Waals surface area contributed by atoms with Gasteiger partial charge in [0, 0.05) is 12.6 Å². The maximum Gasteiger partial charge on any atom is 0.350 e. The largest absolute Gasteiger partial charge is 0.350 e. The van der Waals surface area contributed by atoms with Crippen LogP contribution in [0.3, 0.4) is 0 Å². The molecule has 0 fully saturated rings. The van der Waals surface area contributed by atoms with E-state index in [9.17, 15) is 19.7 Å². The molecule has 0 bridgehead atoms. The number of halogens is 2. The molecule has 0 amide bonds. The lowest BCUT2D eigenvalue weighted by molar-refractivity contribution is -0.387. The van der Waals surface area contributed by atoms with Crippen molar-refractivity contribution >= 4 is 28.9 Å². The molecule has 0 aromatic carbocycles. The van der Waals surface area contributed by atoms with Crippen LogP contribution in [0, 0.1) is 10.1 Å². The number of aromatic nitrogens is 3. The molecule has 0 spiro atoms. The van der Waals surface area contributed by atoms with Crippen molar-refractivity contribution in [2.45, 2.75) is 6.54 Å². The lowest BCUT2D eigenvalue weighted by Crippen LogP contribution is -2.39. The number of hydrogen-bond acceptors (Lipinski definition) is 5. The monoisotopic (exact) mass is 330 g/mol. The van der Waals surface area contributed by atoms with Crippen molar-refractivity contribution in [1.29, 1.82) is 0 Å². The Morgan fingerprint density at radius 2 is 2.00 bits per heavy atom. The predicted molar refractivity (Wildman–Crippen MR) is 76.0 cm³/mol. The van der Waals surface area contributed by atoms with Crippen LogP contribution in [0.5, 0.6) is 0 Å². The standard InChI is InChI=1S/C11H8Cl2N4O4/c1-15-5-7(17(20)21)10(18)16(11(15)19)4-6-2-3-8(12)14-9(6)13/h2-3,5H,4H2,1H3. The van der Waals surface area contributed by atoms with Gasteiger partial charge in [-0.2, -0.15) is 0 Å². The molecule has 0 N–H and O–H groups in total. The van der Waals surface area contributed by atoms with Gasteiger partial charge in [0.15, 0.2) is 0 Å². The highest BCUT2D eigenvalue weighted by Crippen LogP contribution is 2.17. The van der Waals surface area contributed by atoms with Crippen LogP contribution in [-0.4, -0.2) is 19.0 Å². The maximum absolute atomic E-state index is 12.0. The number of aryl methyl sites for hydroxylation is 1. The Labute approximate surface area is 127 Å². The van der Waals surface area contributed by atoms with E-state index in [1.165, 1.54) is 19.2 Å². The Kier molecular flexibility index (Phi) is 4.10. The van der Waals surface area contributed by atoms with Crippen molar-refractivity contribution in [3.63, 3.8) is 0 Å². The zero-order chi connectivity index (χ0) is 15.7. The molecule has 10 heteroatoms. The summed E-state index contributed by atoms with van der Waals surface area (Å²) in [7, 11) is 1.31. The van der Waals surface area contributed by atoms with E-state index in [4.69, 9.17) is 23.2 Å². The van der Waals surface area contributed by atoms with Crippen LogP contribution in [-0.2, 0) is 13.6 Å². The molecule has 2 aromatic rings. The SMILES string of the molecule is Cn1cc([N+](=O)[O-])c(=O)n(Cc2ccc(Cl)nc2Cl)c1=O. The highest BCUT2D eigenvalue weighted by Gasteiger charge is 2.19. The molecule has 8 nitrogen and oxygen atoms in total. The van der Waals surface area contributed by atoms with Crippen molar-refractivity contribution in [1.82, 2.24) is 14.1 Å². The minimum absolute atomic E-state index is 0.0166. The smallest absolute Gasteiger partial charge is 0.297 e. The van der Waals surface area contributed by atoms with Crippen molar-refractivity contribution in [3.8, 4) is 0 Å². The first kappa shape index (κ1) is 15.2. The van der Waals surface area contributed by atoms with Gasteiger partial charge in [-0.05, 0) is 6.07 Å². The molecule has 0 radical (unpaired) electrons. The maximum atomic E-state index is 12.0. The summed E-state index contributed by atoms with van der Waals surface area (Å²) >= 11 is 11.5. The molecule has 0 atom stereocenters. The normalized spacial score (nSPS) is 10.6. The Bertz CT molecular complexity index is 843. The lowest BCUT2D eigenvalue weighted by Gasteiger charge is -2.08. The molecular weight excluding hydrogens is 323 g/mol. The zero-order valence-electron chi connectivity index (χ0n) is 10.6. The van der Waals surface area contributed by atoms with Crippen LogP contribution in [0.1, 0.15) is 5.56 Å². The summed E-state index contributed by atoms with van der Waals surface area (Å²) in [4.78, 5) is 37.7. The van der Waals surface area contributed by atoms with Crippen LogP contribution in [0.25, 0.3) is 0 Å². The summed E-state index contributed by atoms with van der Waals surface area (Å²) in [6.45, 7) is -0.240. The van der Waals surface area contributed by atoms with Gasteiger partial charge >= 0.3 is 16.9 Å². The van der Waals surface area contributed by atoms with Gasteiger partial charge in [-0.1, -0.05) is 29.3 Å². The first-order valence-electron chi connectivity index (χ1n) is 5.57. The molecule has 0 saturated carbocycles. The van der Waals surface area contributed by atoms with E-state index in [2.05, 4.69) is 4.98 Å². The predicted octanol–water partition coefficient (Wildman–Crippen LogP) is 1.21. The molecule has 21 heavy (non-hydrogen) atoms. The number of rotatable bonds is 3. The fourth-order valence-corrected chi connectivity index (χ4v) is 2.11. The van der Waals surface area contributed by atoms with Crippen molar-refractivity contribution in [2.75, 3.05) is 0 Å². The van der Waals surface area contributed by atoms with Crippen LogP contribution < -0.4 is 11.2 Å². The lowest BCUT2D eigenvalue weighted by atomic mass is 10.3. The third kappa shape index (κ3) is 2.96. The second kappa shape index (κ2) is 5.66. The molecule has 0 saturated heterocycles. The van der Waals surface area contributed by atoms with Gasteiger partial charge in [0.1, 0.15) is 10.3 Å². The van der Waals surface area contributed by atoms with E-state index in [-0.39, 0.29) is 16.9 Å².